The summed E-state index contributed by atoms with van der Waals surface area (Å²) in [4.78, 5) is 6.66. The number of guanidine groups is 1. The number of aliphatic imine (C=N–C) groups is 1. The maximum atomic E-state index is 6.06. The molecule has 5 nitrogen and oxygen atoms in total. The van der Waals surface area contributed by atoms with Crippen LogP contribution in [0.3, 0.4) is 0 Å². The Kier molecular flexibility index (Phi) is 4.50. The van der Waals surface area contributed by atoms with Gasteiger partial charge in [0.1, 0.15) is 0 Å². The highest BCUT2D eigenvalue weighted by molar-refractivity contribution is 7.99. The highest BCUT2D eigenvalue weighted by Gasteiger charge is 2.17. The van der Waals surface area contributed by atoms with Crippen LogP contribution in [0, 0.1) is 0 Å². The van der Waals surface area contributed by atoms with Crippen molar-refractivity contribution >= 4 is 17.7 Å². The molecule has 1 aliphatic heterocycles. The van der Waals surface area contributed by atoms with Crippen molar-refractivity contribution in [3.63, 3.8) is 0 Å². The van der Waals surface area contributed by atoms with Gasteiger partial charge in [0.25, 0.3) is 0 Å². The zero-order valence-corrected chi connectivity index (χ0v) is 12.7. The first kappa shape index (κ1) is 13.8. The van der Waals surface area contributed by atoms with Gasteiger partial charge in [-0.25, -0.2) is 4.99 Å². The molecule has 0 aromatic carbocycles. The van der Waals surface area contributed by atoms with E-state index in [1.165, 1.54) is 25.7 Å². The summed E-state index contributed by atoms with van der Waals surface area (Å²) in [5, 5.41) is 4.64. The lowest BCUT2D eigenvalue weighted by atomic mass is 10.3. The predicted octanol–water partition coefficient (Wildman–Crippen LogP) is 1.86. The molecule has 2 aliphatic rings. The van der Waals surface area contributed by atoms with E-state index >= 15 is 0 Å². The molecule has 0 amide bonds. The van der Waals surface area contributed by atoms with Crippen molar-refractivity contribution in [2.24, 2.45) is 10.7 Å². The normalized spacial score (nSPS) is 21.6. The SMILES string of the molecule is NC(=NCc1ccn(C2CCCC2)n1)N1CCSCC1. The van der Waals surface area contributed by atoms with Gasteiger partial charge in [-0.2, -0.15) is 16.9 Å². The van der Waals surface area contributed by atoms with E-state index in [0.717, 1.165) is 30.3 Å². The van der Waals surface area contributed by atoms with Gasteiger partial charge < -0.3 is 10.6 Å². The lowest BCUT2D eigenvalue weighted by Crippen LogP contribution is -2.42. The minimum absolute atomic E-state index is 0.592. The lowest BCUT2D eigenvalue weighted by Gasteiger charge is -2.27. The summed E-state index contributed by atoms with van der Waals surface area (Å²) in [6.07, 6.45) is 7.28. The van der Waals surface area contributed by atoms with Crippen LogP contribution in [-0.2, 0) is 6.54 Å². The van der Waals surface area contributed by atoms with Crippen molar-refractivity contribution in [1.29, 1.82) is 0 Å². The summed E-state index contributed by atoms with van der Waals surface area (Å²) in [5.41, 5.74) is 7.08. The molecule has 20 heavy (non-hydrogen) atoms. The summed E-state index contributed by atoms with van der Waals surface area (Å²) in [6.45, 7) is 2.61. The third-order valence-corrected chi connectivity index (χ3v) is 5.04. The van der Waals surface area contributed by atoms with Crippen LogP contribution < -0.4 is 5.73 Å². The van der Waals surface area contributed by atoms with Crippen LogP contribution in [0.4, 0.5) is 0 Å². The van der Waals surface area contributed by atoms with Crippen molar-refractivity contribution in [1.82, 2.24) is 14.7 Å². The fraction of sp³-hybridized carbons (Fsp3) is 0.714. The van der Waals surface area contributed by atoms with Gasteiger partial charge in [-0.3, -0.25) is 4.68 Å². The van der Waals surface area contributed by atoms with E-state index in [2.05, 4.69) is 31.9 Å². The first-order valence-corrected chi connectivity index (χ1v) is 8.65. The first-order valence-electron chi connectivity index (χ1n) is 7.49. The van der Waals surface area contributed by atoms with Crippen LogP contribution in [0.15, 0.2) is 17.3 Å². The minimum Gasteiger partial charge on any atom is -0.370 e. The summed E-state index contributed by atoms with van der Waals surface area (Å²) in [7, 11) is 0. The number of nitrogens with two attached hydrogens (primary N) is 1. The topological polar surface area (TPSA) is 59.4 Å². The zero-order valence-electron chi connectivity index (χ0n) is 11.9. The van der Waals surface area contributed by atoms with E-state index in [-0.39, 0.29) is 0 Å². The van der Waals surface area contributed by atoms with Gasteiger partial charge in [0.05, 0.1) is 18.3 Å². The van der Waals surface area contributed by atoms with Gasteiger partial charge in [-0.05, 0) is 18.9 Å². The third-order valence-electron chi connectivity index (χ3n) is 4.10. The standard InChI is InChI=1S/C14H23N5S/c15-14(18-7-9-20-10-8-18)16-11-12-5-6-19(17-12)13-3-1-2-4-13/h5-6,13H,1-4,7-11H2,(H2,15,16). The van der Waals surface area contributed by atoms with Crippen LogP contribution in [-0.4, -0.2) is 45.2 Å². The lowest BCUT2D eigenvalue weighted by molar-refractivity contribution is 0.453. The molecule has 1 aromatic rings. The Morgan fingerprint density at radius 2 is 2.10 bits per heavy atom. The zero-order chi connectivity index (χ0) is 13.8. The number of thioether (sulfide) groups is 1. The average molecular weight is 293 g/mol. The summed E-state index contributed by atoms with van der Waals surface area (Å²) < 4.78 is 2.12. The molecule has 0 radical (unpaired) electrons. The molecule has 1 aliphatic carbocycles. The number of hydrogen-bond donors (Lipinski definition) is 1. The van der Waals surface area contributed by atoms with Crippen LogP contribution in [0.5, 0.6) is 0 Å². The molecule has 1 aromatic heterocycles. The third kappa shape index (κ3) is 3.29. The molecule has 110 valence electrons. The van der Waals surface area contributed by atoms with E-state index in [0.29, 0.717) is 18.5 Å². The van der Waals surface area contributed by atoms with Crippen molar-refractivity contribution in [3.8, 4) is 0 Å². The highest BCUT2D eigenvalue weighted by atomic mass is 32.2. The van der Waals surface area contributed by atoms with Crippen LogP contribution in [0.1, 0.15) is 37.4 Å². The summed E-state index contributed by atoms with van der Waals surface area (Å²) >= 11 is 1.98. The molecule has 0 spiro atoms. The van der Waals surface area contributed by atoms with E-state index < -0.39 is 0 Å². The minimum atomic E-state index is 0.592. The number of nitrogens with zero attached hydrogens (tertiary/aromatic N) is 4. The van der Waals surface area contributed by atoms with Crippen molar-refractivity contribution < 1.29 is 0 Å². The van der Waals surface area contributed by atoms with Crippen molar-refractivity contribution in [3.05, 3.63) is 18.0 Å². The molecular formula is C14H23N5S. The molecule has 2 heterocycles. The smallest absolute Gasteiger partial charge is 0.191 e. The number of aromatic nitrogens is 2. The molecule has 2 fully saturated rings. The number of rotatable bonds is 3. The highest BCUT2D eigenvalue weighted by Crippen LogP contribution is 2.28. The summed E-state index contributed by atoms with van der Waals surface area (Å²) in [6, 6.07) is 2.67. The largest absolute Gasteiger partial charge is 0.370 e. The molecule has 1 saturated heterocycles. The van der Waals surface area contributed by atoms with Crippen LogP contribution in [0.25, 0.3) is 0 Å². The quantitative estimate of drug-likeness (QED) is 0.682. The molecule has 3 rings (SSSR count). The van der Waals surface area contributed by atoms with Gasteiger partial charge >= 0.3 is 0 Å². The molecule has 6 heteroatoms. The molecular weight excluding hydrogens is 270 g/mol. The van der Waals surface area contributed by atoms with Crippen molar-refractivity contribution in [2.45, 2.75) is 38.3 Å². The average Bonchev–Trinajstić information content (AvgIpc) is 3.16. The Morgan fingerprint density at radius 3 is 2.85 bits per heavy atom. The molecule has 0 bridgehead atoms. The Bertz CT molecular complexity index is 458. The first-order chi connectivity index (χ1) is 9.83. The van der Waals surface area contributed by atoms with Crippen LogP contribution in [0.2, 0.25) is 0 Å². The van der Waals surface area contributed by atoms with Gasteiger partial charge in [-0.15, -0.1) is 0 Å². The molecule has 0 atom stereocenters. The van der Waals surface area contributed by atoms with E-state index in [1.807, 2.05) is 11.8 Å². The molecule has 2 N–H and O–H groups in total. The summed E-state index contributed by atoms with van der Waals surface area (Å²) in [5.74, 6) is 2.96. The monoisotopic (exact) mass is 293 g/mol. The Balaban J connectivity index is 1.57. The Morgan fingerprint density at radius 1 is 1.35 bits per heavy atom. The molecule has 0 unspecified atom stereocenters. The van der Waals surface area contributed by atoms with Crippen LogP contribution >= 0.6 is 11.8 Å². The predicted molar refractivity (Wildman–Crippen MR) is 84.0 cm³/mol. The maximum Gasteiger partial charge on any atom is 0.191 e. The van der Waals surface area contributed by atoms with E-state index in [1.54, 1.807) is 0 Å². The second-order valence-electron chi connectivity index (χ2n) is 5.50. The van der Waals surface area contributed by atoms with Gasteiger partial charge in [0.2, 0.25) is 0 Å². The number of hydrogen-bond acceptors (Lipinski definition) is 3. The van der Waals surface area contributed by atoms with Crippen molar-refractivity contribution in [2.75, 3.05) is 24.6 Å². The van der Waals surface area contributed by atoms with Gasteiger partial charge in [0, 0.05) is 30.8 Å². The molecule has 1 saturated carbocycles. The van der Waals surface area contributed by atoms with Gasteiger partial charge in [-0.1, -0.05) is 12.8 Å². The fourth-order valence-electron chi connectivity index (χ4n) is 2.89. The van der Waals surface area contributed by atoms with E-state index in [4.69, 9.17) is 5.73 Å². The Hall–Kier alpha value is -1.17. The van der Waals surface area contributed by atoms with E-state index in [9.17, 15) is 0 Å². The van der Waals surface area contributed by atoms with Gasteiger partial charge in [0.15, 0.2) is 5.96 Å². The maximum absolute atomic E-state index is 6.06. The Labute approximate surface area is 124 Å². The fourth-order valence-corrected chi connectivity index (χ4v) is 3.79. The second kappa shape index (κ2) is 6.52. The second-order valence-corrected chi connectivity index (χ2v) is 6.72.